The number of rotatable bonds is 3. The summed E-state index contributed by atoms with van der Waals surface area (Å²) in [6, 6.07) is -1.86. The third-order valence-electron chi connectivity index (χ3n) is 6.95. The monoisotopic (exact) mass is 507 g/mol. The molecular weight excluding hydrogens is 466 g/mol. The fourth-order valence-electron chi connectivity index (χ4n) is 4.99. The van der Waals surface area contributed by atoms with E-state index in [2.05, 4.69) is 17.6 Å². The predicted octanol–water partition coefficient (Wildman–Crippen LogP) is 2.05. The lowest BCUT2D eigenvalue weighted by atomic mass is 9.97. The van der Waals surface area contributed by atoms with Gasteiger partial charge in [0.15, 0.2) is 0 Å². The summed E-state index contributed by atoms with van der Waals surface area (Å²) in [7, 11) is 0. The van der Waals surface area contributed by atoms with Gasteiger partial charge in [-0.15, -0.1) is 0 Å². The van der Waals surface area contributed by atoms with Crippen LogP contribution in [-0.2, 0) is 23.9 Å². The first kappa shape index (κ1) is 28.0. The molecular formula is C26H41N3O7. The minimum absolute atomic E-state index is 0.0322. The number of amides is 3. The number of aliphatic hydroxyl groups excluding tert-OH is 1. The van der Waals surface area contributed by atoms with E-state index in [1.165, 1.54) is 4.90 Å². The van der Waals surface area contributed by atoms with Crippen LogP contribution in [0.25, 0.3) is 0 Å². The van der Waals surface area contributed by atoms with Crippen molar-refractivity contribution in [1.82, 2.24) is 15.5 Å². The molecule has 3 aliphatic rings. The second kappa shape index (κ2) is 11.2. The van der Waals surface area contributed by atoms with Gasteiger partial charge in [0.05, 0.1) is 12.7 Å². The van der Waals surface area contributed by atoms with Crippen LogP contribution in [0.4, 0.5) is 4.79 Å². The van der Waals surface area contributed by atoms with Crippen molar-refractivity contribution in [1.29, 1.82) is 0 Å². The van der Waals surface area contributed by atoms with E-state index in [4.69, 9.17) is 9.47 Å². The predicted molar refractivity (Wildman–Crippen MR) is 132 cm³/mol. The Kier molecular flexibility index (Phi) is 8.69. The number of alkyl carbamates (subject to hydrolysis) is 1. The molecule has 202 valence electrons. The third-order valence-corrected chi connectivity index (χ3v) is 6.95. The van der Waals surface area contributed by atoms with E-state index in [1.807, 2.05) is 12.2 Å². The number of hydrogen-bond donors (Lipinski definition) is 3. The van der Waals surface area contributed by atoms with Gasteiger partial charge < -0.3 is 30.1 Å². The lowest BCUT2D eigenvalue weighted by Crippen LogP contribution is -2.56. The van der Waals surface area contributed by atoms with Crippen molar-refractivity contribution in [3.63, 3.8) is 0 Å². The number of nitrogens with zero attached hydrogens (tertiary/aromatic N) is 1. The van der Waals surface area contributed by atoms with Gasteiger partial charge in [-0.1, -0.05) is 31.9 Å². The van der Waals surface area contributed by atoms with Gasteiger partial charge in [0, 0.05) is 18.9 Å². The maximum Gasteiger partial charge on any atom is 0.408 e. The molecule has 2 heterocycles. The molecule has 3 amide bonds. The van der Waals surface area contributed by atoms with Crippen LogP contribution in [0.2, 0.25) is 0 Å². The largest absolute Gasteiger partial charge is 0.464 e. The Hall–Kier alpha value is -2.62. The molecule has 1 saturated heterocycles. The average Bonchev–Trinajstić information content (AvgIpc) is 3.31. The Labute approximate surface area is 213 Å². The Balaban J connectivity index is 1.87. The fraction of sp³-hybridized carbons (Fsp3) is 0.769. The van der Waals surface area contributed by atoms with E-state index < -0.39 is 53.2 Å². The third kappa shape index (κ3) is 6.78. The van der Waals surface area contributed by atoms with E-state index in [0.717, 1.165) is 12.8 Å². The maximum atomic E-state index is 13.6. The Morgan fingerprint density at radius 2 is 2.00 bits per heavy atom. The zero-order chi connectivity index (χ0) is 26.7. The zero-order valence-electron chi connectivity index (χ0n) is 22.0. The van der Waals surface area contributed by atoms with Crippen LogP contribution in [-0.4, -0.2) is 76.4 Å². The van der Waals surface area contributed by atoms with Gasteiger partial charge in [-0.3, -0.25) is 9.59 Å². The molecule has 6 atom stereocenters. The van der Waals surface area contributed by atoms with E-state index in [0.29, 0.717) is 25.2 Å². The van der Waals surface area contributed by atoms with E-state index in [9.17, 15) is 24.3 Å². The van der Waals surface area contributed by atoms with Crippen LogP contribution in [0.3, 0.4) is 0 Å². The summed E-state index contributed by atoms with van der Waals surface area (Å²) in [5.74, 6) is -1.31. The summed E-state index contributed by atoms with van der Waals surface area (Å²) < 4.78 is 10.6. The lowest BCUT2D eigenvalue weighted by molar-refractivity contribution is -0.150. The molecule has 3 rings (SSSR count). The number of fused-ring (bicyclic) bond motifs is 2. The normalized spacial score (nSPS) is 34.3. The van der Waals surface area contributed by atoms with Crippen LogP contribution in [0, 0.1) is 11.8 Å². The Morgan fingerprint density at radius 3 is 2.67 bits per heavy atom. The topological polar surface area (TPSA) is 134 Å². The first-order chi connectivity index (χ1) is 16.9. The molecule has 36 heavy (non-hydrogen) atoms. The molecule has 2 fully saturated rings. The van der Waals surface area contributed by atoms with Gasteiger partial charge in [0.25, 0.3) is 0 Å². The highest BCUT2D eigenvalue weighted by Crippen LogP contribution is 2.46. The van der Waals surface area contributed by atoms with E-state index in [1.54, 1.807) is 27.7 Å². The molecule has 10 heteroatoms. The van der Waals surface area contributed by atoms with E-state index in [-0.39, 0.29) is 25.5 Å². The summed E-state index contributed by atoms with van der Waals surface area (Å²) >= 11 is 0. The number of aliphatic hydroxyl groups is 1. The number of ether oxygens (including phenoxy) is 2. The van der Waals surface area contributed by atoms with Crippen molar-refractivity contribution in [3.05, 3.63) is 12.2 Å². The van der Waals surface area contributed by atoms with Crippen molar-refractivity contribution < 1.29 is 33.8 Å². The van der Waals surface area contributed by atoms with Crippen molar-refractivity contribution in [2.24, 2.45) is 11.8 Å². The molecule has 1 unspecified atom stereocenters. The number of carbonyl (C=O) groups excluding carboxylic acids is 4. The molecule has 0 aromatic heterocycles. The van der Waals surface area contributed by atoms with Gasteiger partial charge in [-0.25, -0.2) is 9.59 Å². The molecule has 0 aromatic carbocycles. The van der Waals surface area contributed by atoms with Crippen LogP contribution < -0.4 is 10.6 Å². The molecule has 1 aliphatic carbocycles. The molecule has 0 aromatic rings. The minimum Gasteiger partial charge on any atom is -0.464 e. The lowest BCUT2D eigenvalue weighted by Gasteiger charge is -2.30. The first-order valence-electron chi connectivity index (χ1n) is 13.0. The fourth-order valence-corrected chi connectivity index (χ4v) is 4.99. The van der Waals surface area contributed by atoms with Crippen molar-refractivity contribution in [2.75, 3.05) is 13.2 Å². The van der Waals surface area contributed by atoms with Gasteiger partial charge in [-0.2, -0.15) is 0 Å². The number of carbonyl (C=O) groups is 4. The van der Waals surface area contributed by atoms with Crippen molar-refractivity contribution >= 4 is 23.9 Å². The van der Waals surface area contributed by atoms with E-state index >= 15 is 0 Å². The molecule has 2 aliphatic heterocycles. The average molecular weight is 508 g/mol. The highest BCUT2D eigenvalue weighted by Gasteiger charge is 2.62. The number of nitrogens with one attached hydrogen (secondary N) is 2. The van der Waals surface area contributed by atoms with Gasteiger partial charge in [-0.05, 0) is 52.9 Å². The van der Waals surface area contributed by atoms with Crippen LogP contribution >= 0.6 is 0 Å². The second-order valence-electron chi connectivity index (χ2n) is 11.3. The summed E-state index contributed by atoms with van der Waals surface area (Å²) in [6.07, 6.45) is 5.57. The second-order valence-corrected chi connectivity index (χ2v) is 11.3. The standard InChI is InChI=1S/C26H41N3O7/c1-6-35-23(33)26-14-17(26)11-7-9-16(2)10-8-12-19(27-24(34)36-25(3,4)5)22(32)29-15-18(30)13-20(29)21(31)28-26/h7,11,16-20,30H,6,8-10,12-15H2,1-5H3,(H,27,34)(H,28,31)/b11-7-/t16?,17-,18-,19+,20+,26-/m1/s1. The minimum atomic E-state index is -1.16. The Bertz CT molecular complexity index is 883. The number of allylic oxidation sites excluding steroid dienone is 1. The molecule has 10 nitrogen and oxygen atoms in total. The highest BCUT2D eigenvalue weighted by molar-refractivity contribution is 5.96. The summed E-state index contributed by atoms with van der Waals surface area (Å²) in [6.45, 7) is 9.19. The zero-order valence-corrected chi connectivity index (χ0v) is 22.0. The van der Waals surface area contributed by atoms with Gasteiger partial charge >= 0.3 is 12.1 Å². The quantitative estimate of drug-likeness (QED) is 0.393. The SMILES string of the molecule is CCOC(=O)[C@@]12C[C@H]1/C=C\CC(C)CCC[C@H](NC(=O)OC(C)(C)C)C(=O)N1C[C@H](O)C[C@H]1C(=O)N2. The van der Waals surface area contributed by atoms with Gasteiger partial charge in [0.1, 0.15) is 23.2 Å². The van der Waals surface area contributed by atoms with Crippen molar-refractivity contribution in [3.8, 4) is 0 Å². The van der Waals surface area contributed by atoms with Crippen molar-refractivity contribution in [2.45, 2.75) is 102 Å². The summed E-state index contributed by atoms with van der Waals surface area (Å²) in [5, 5.41) is 15.9. The number of hydrogen-bond acceptors (Lipinski definition) is 7. The molecule has 3 N–H and O–H groups in total. The molecule has 0 bridgehead atoms. The maximum absolute atomic E-state index is 13.6. The number of esters is 1. The van der Waals surface area contributed by atoms with Crippen LogP contribution in [0.15, 0.2) is 12.2 Å². The molecule has 0 spiro atoms. The summed E-state index contributed by atoms with van der Waals surface area (Å²) in [5.41, 5.74) is -1.90. The first-order valence-corrected chi connectivity index (χ1v) is 13.0. The van der Waals surface area contributed by atoms with Crippen LogP contribution in [0.5, 0.6) is 0 Å². The highest BCUT2D eigenvalue weighted by atomic mass is 16.6. The smallest absolute Gasteiger partial charge is 0.408 e. The Morgan fingerprint density at radius 1 is 1.28 bits per heavy atom. The molecule has 0 radical (unpaired) electrons. The molecule has 1 saturated carbocycles. The van der Waals surface area contributed by atoms with Crippen LogP contribution in [0.1, 0.15) is 73.1 Å². The van der Waals surface area contributed by atoms with Gasteiger partial charge in [0.2, 0.25) is 11.8 Å². The summed E-state index contributed by atoms with van der Waals surface area (Å²) in [4.78, 5) is 53.6.